The molecular formula is C15H19N7O. The molecule has 23 heavy (non-hydrogen) atoms. The summed E-state index contributed by atoms with van der Waals surface area (Å²) in [6, 6.07) is 0.330. The van der Waals surface area contributed by atoms with E-state index in [9.17, 15) is 4.79 Å². The second-order valence-electron chi connectivity index (χ2n) is 6.15. The molecule has 0 radical (unpaired) electrons. The Morgan fingerprint density at radius 2 is 1.87 bits per heavy atom. The fourth-order valence-electron chi connectivity index (χ4n) is 2.89. The Balaban J connectivity index is 1.41. The number of hydrogen-bond donors (Lipinski definition) is 0. The molecule has 2 saturated heterocycles. The van der Waals surface area contributed by atoms with Gasteiger partial charge < -0.3 is 9.80 Å². The van der Waals surface area contributed by atoms with Gasteiger partial charge in [0.2, 0.25) is 5.95 Å². The molecule has 2 aliphatic rings. The largest absolute Gasteiger partial charge is 0.336 e. The van der Waals surface area contributed by atoms with Crippen LogP contribution in [0.4, 0.5) is 16.4 Å². The fourth-order valence-corrected chi connectivity index (χ4v) is 2.89. The molecule has 2 aliphatic heterocycles. The molecule has 8 heteroatoms. The van der Waals surface area contributed by atoms with E-state index in [-0.39, 0.29) is 6.03 Å². The molecule has 8 nitrogen and oxygen atoms in total. The first kappa shape index (κ1) is 14.0. The molecule has 0 N–H and O–H groups in total. The summed E-state index contributed by atoms with van der Waals surface area (Å²) in [5, 5.41) is 4.42. The van der Waals surface area contributed by atoms with E-state index in [1.54, 1.807) is 16.0 Å². The van der Waals surface area contributed by atoms with Crippen LogP contribution in [-0.4, -0.2) is 63.9 Å². The Labute approximate surface area is 134 Å². The number of urea groups is 1. The first-order chi connectivity index (χ1) is 11.1. The van der Waals surface area contributed by atoms with Crippen molar-refractivity contribution in [1.29, 1.82) is 0 Å². The van der Waals surface area contributed by atoms with Gasteiger partial charge in [0.25, 0.3) is 0 Å². The summed E-state index contributed by atoms with van der Waals surface area (Å²) in [5.41, 5.74) is 1.92. The van der Waals surface area contributed by atoms with Crippen molar-refractivity contribution in [2.45, 2.75) is 13.0 Å². The molecule has 0 aromatic carbocycles. The lowest BCUT2D eigenvalue weighted by molar-refractivity contribution is 0.229. The number of carbonyl (C=O) groups is 1. The Morgan fingerprint density at radius 3 is 2.52 bits per heavy atom. The molecule has 0 unspecified atom stereocenters. The van der Waals surface area contributed by atoms with Crippen molar-refractivity contribution in [2.24, 2.45) is 0 Å². The van der Waals surface area contributed by atoms with Crippen LogP contribution in [0.25, 0.3) is 0 Å². The van der Waals surface area contributed by atoms with E-state index in [4.69, 9.17) is 0 Å². The van der Waals surface area contributed by atoms with Crippen molar-refractivity contribution in [2.75, 3.05) is 43.0 Å². The summed E-state index contributed by atoms with van der Waals surface area (Å²) in [4.78, 5) is 26.3. The van der Waals surface area contributed by atoms with Gasteiger partial charge in [-0.2, -0.15) is 5.10 Å². The van der Waals surface area contributed by atoms with Crippen LogP contribution in [0.1, 0.15) is 11.6 Å². The number of rotatable bonds is 3. The summed E-state index contributed by atoms with van der Waals surface area (Å²) in [6.07, 6.45) is 7.38. The number of aryl methyl sites for hydroxylation is 1. The van der Waals surface area contributed by atoms with Crippen LogP contribution in [0, 0.1) is 6.92 Å². The lowest BCUT2D eigenvalue weighted by Crippen LogP contribution is -2.48. The predicted molar refractivity (Wildman–Crippen MR) is 85.6 cm³/mol. The van der Waals surface area contributed by atoms with Crippen molar-refractivity contribution >= 4 is 17.7 Å². The van der Waals surface area contributed by atoms with E-state index < -0.39 is 0 Å². The molecule has 2 amide bonds. The monoisotopic (exact) mass is 313 g/mol. The van der Waals surface area contributed by atoms with Crippen molar-refractivity contribution in [3.8, 4) is 0 Å². The Morgan fingerprint density at radius 1 is 1.13 bits per heavy atom. The van der Waals surface area contributed by atoms with Gasteiger partial charge in [-0.15, -0.1) is 0 Å². The van der Waals surface area contributed by atoms with Gasteiger partial charge in [-0.05, 0) is 12.5 Å². The van der Waals surface area contributed by atoms with E-state index in [1.165, 1.54) is 0 Å². The van der Waals surface area contributed by atoms with Crippen LogP contribution in [-0.2, 0) is 0 Å². The predicted octanol–water partition coefficient (Wildman–Crippen LogP) is 0.915. The summed E-state index contributed by atoms with van der Waals surface area (Å²) in [7, 11) is 1.82. The number of hydrogen-bond acceptors (Lipinski definition) is 5. The molecule has 2 aromatic heterocycles. The van der Waals surface area contributed by atoms with Crippen LogP contribution in [0.3, 0.4) is 0 Å². The highest BCUT2D eigenvalue weighted by Gasteiger charge is 2.32. The summed E-state index contributed by atoms with van der Waals surface area (Å²) < 4.78 is 1.94. The highest BCUT2D eigenvalue weighted by Crippen LogP contribution is 2.27. The maximum Gasteiger partial charge on any atom is 0.324 e. The zero-order chi connectivity index (χ0) is 16.0. The smallest absolute Gasteiger partial charge is 0.324 e. The number of aromatic nitrogens is 4. The quantitative estimate of drug-likeness (QED) is 0.842. The van der Waals surface area contributed by atoms with Crippen molar-refractivity contribution in [3.05, 3.63) is 30.4 Å². The van der Waals surface area contributed by atoms with Gasteiger partial charge in [-0.25, -0.2) is 14.8 Å². The van der Waals surface area contributed by atoms with Gasteiger partial charge in [0.1, 0.15) is 0 Å². The third kappa shape index (κ3) is 2.39. The molecule has 4 heterocycles. The maximum atomic E-state index is 12.0. The normalized spacial score (nSPS) is 18.7. The zero-order valence-electron chi connectivity index (χ0n) is 13.3. The molecule has 0 bridgehead atoms. The van der Waals surface area contributed by atoms with Crippen molar-refractivity contribution in [1.82, 2.24) is 24.6 Å². The van der Waals surface area contributed by atoms with Crippen LogP contribution in [0.15, 0.2) is 24.8 Å². The van der Waals surface area contributed by atoms with Gasteiger partial charge >= 0.3 is 6.03 Å². The standard InChI is InChI=1S/C15H19N7O/c1-11-5-16-14(17-6-11)20-8-13(9-20)22-10-12(7-18-22)21-4-3-19(2)15(21)23/h5-7,10,13H,3-4,8-9H2,1-2H3. The molecule has 0 aliphatic carbocycles. The second kappa shape index (κ2) is 5.22. The Bertz CT molecular complexity index is 720. The first-order valence-electron chi connectivity index (χ1n) is 7.72. The van der Waals surface area contributed by atoms with Gasteiger partial charge in [0, 0.05) is 51.8 Å². The first-order valence-corrected chi connectivity index (χ1v) is 7.72. The Hall–Kier alpha value is -2.64. The zero-order valence-corrected chi connectivity index (χ0v) is 13.3. The van der Waals surface area contributed by atoms with E-state index in [1.807, 2.05) is 37.2 Å². The molecular weight excluding hydrogens is 294 g/mol. The minimum atomic E-state index is 0.0350. The van der Waals surface area contributed by atoms with Gasteiger partial charge in [0.15, 0.2) is 0 Å². The molecule has 4 rings (SSSR count). The summed E-state index contributed by atoms with van der Waals surface area (Å²) in [6.45, 7) is 5.11. The van der Waals surface area contributed by atoms with Crippen molar-refractivity contribution < 1.29 is 4.79 Å². The van der Waals surface area contributed by atoms with E-state index in [2.05, 4.69) is 20.0 Å². The molecule has 120 valence electrons. The van der Waals surface area contributed by atoms with Gasteiger partial charge in [-0.3, -0.25) is 9.58 Å². The molecule has 0 saturated carbocycles. The van der Waals surface area contributed by atoms with E-state index >= 15 is 0 Å². The second-order valence-corrected chi connectivity index (χ2v) is 6.15. The average molecular weight is 313 g/mol. The minimum Gasteiger partial charge on any atom is -0.336 e. The summed E-state index contributed by atoms with van der Waals surface area (Å²) in [5.74, 6) is 0.760. The molecule has 2 aromatic rings. The van der Waals surface area contributed by atoms with Crippen LogP contribution in [0.2, 0.25) is 0 Å². The van der Waals surface area contributed by atoms with E-state index in [0.717, 1.165) is 43.4 Å². The number of likely N-dealkylation sites (N-methyl/N-ethyl adjacent to an activating group) is 1. The van der Waals surface area contributed by atoms with Gasteiger partial charge in [0.05, 0.1) is 17.9 Å². The lowest BCUT2D eigenvalue weighted by atomic mass is 10.1. The summed E-state index contributed by atoms with van der Waals surface area (Å²) >= 11 is 0. The highest BCUT2D eigenvalue weighted by molar-refractivity contribution is 5.93. The number of nitrogens with zero attached hydrogens (tertiary/aromatic N) is 7. The lowest BCUT2D eigenvalue weighted by Gasteiger charge is -2.39. The highest BCUT2D eigenvalue weighted by atomic mass is 16.2. The van der Waals surface area contributed by atoms with E-state index in [0.29, 0.717) is 6.04 Å². The minimum absolute atomic E-state index is 0.0350. The number of amides is 2. The third-order valence-corrected chi connectivity index (χ3v) is 4.40. The van der Waals surface area contributed by atoms with Crippen LogP contribution >= 0.6 is 0 Å². The molecule has 2 fully saturated rings. The van der Waals surface area contributed by atoms with Crippen LogP contribution in [0.5, 0.6) is 0 Å². The average Bonchev–Trinajstić information content (AvgIpc) is 3.08. The molecule has 0 atom stereocenters. The Kier molecular flexibility index (Phi) is 3.17. The van der Waals surface area contributed by atoms with Crippen molar-refractivity contribution in [3.63, 3.8) is 0 Å². The maximum absolute atomic E-state index is 12.0. The van der Waals surface area contributed by atoms with Gasteiger partial charge in [-0.1, -0.05) is 0 Å². The third-order valence-electron chi connectivity index (χ3n) is 4.40. The molecule has 0 spiro atoms. The SMILES string of the molecule is Cc1cnc(N2CC(n3cc(N4CCN(C)C4=O)cn3)C2)nc1. The number of carbonyl (C=O) groups excluding carboxylic acids is 1. The fraction of sp³-hybridized carbons (Fsp3) is 0.467. The van der Waals surface area contributed by atoms with Crippen LogP contribution < -0.4 is 9.80 Å². The number of anilines is 2. The topological polar surface area (TPSA) is 70.4 Å².